The van der Waals surface area contributed by atoms with Gasteiger partial charge >= 0.3 is 6.09 Å². The zero-order valence-electron chi connectivity index (χ0n) is 29.1. The third kappa shape index (κ3) is 7.53. The number of hydrogen-bond donors (Lipinski definition) is 2. The maximum absolute atomic E-state index is 15.2. The molecule has 0 spiro atoms. The minimum atomic E-state index is -0.534. The number of nitrogens with zero attached hydrogens (tertiary/aromatic N) is 5. The van der Waals surface area contributed by atoms with Crippen molar-refractivity contribution in [1.82, 2.24) is 35.2 Å². The maximum atomic E-state index is 15.2. The van der Waals surface area contributed by atoms with Gasteiger partial charge in [0.05, 0.1) is 18.7 Å². The number of rotatable bonds is 8. The number of ether oxygens (including phenoxy) is 2. The van der Waals surface area contributed by atoms with Crippen LogP contribution < -0.4 is 10.1 Å². The summed E-state index contributed by atoms with van der Waals surface area (Å²) in [6.07, 6.45) is 6.41. The first-order valence-electron chi connectivity index (χ1n) is 17.8. The van der Waals surface area contributed by atoms with Gasteiger partial charge < -0.3 is 24.6 Å². The van der Waals surface area contributed by atoms with Crippen LogP contribution in [0.2, 0.25) is 0 Å². The van der Waals surface area contributed by atoms with Crippen LogP contribution >= 0.6 is 0 Å². The van der Waals surface area contributed by atoms with E-state index in [0.717, 1.165) is 53.5 Å². The average Bonchev–Trinajstić information content (AvgIpc) is 3.82. The van der Waals surface area contributed by atoms with E-state index in [9.17, 15) is 14.4 Å². The Morgan fingerprint density at radius 2 is 1.76 bits per heavy atom. The summed E-state index contributed by atoms with van der Waals surface area (Å²) in [6.45, 7) is 3.96. The molecule has 4 aromatic rings. The van der Waals surface area contributed by atoms with Crippen LogP contribution in [0.5, 0.6) is 5.75 Å². The van der Waals surface area contributed by atoms with E-state index < -0.39 is 11.9 Å². The first kappa shape index (κ1) is 34.4. The molecule has 268 valence electrons. The Kier molecular flexibility index (Phi) is 10.2. The molecular formula is C38H44FN7O5. The van der Waals surface area contributed by atoms with Gasteiger partial charge in [-0.2, -0.15) is 5.10 Å². The van der Waals surface area contributed by atoms with Gasteiger partial charge in [-0.3, -0.25) is 24.6 Å². The van der Waals surface area contributed by atoms with E-state index in [1.54, 1.807) is 34.2 Å². The van der Waals surface area contributed by atoms with Crippen molar-refractivity contribution in [1.29, 1.82) is 0 Å². The summed E-state index contributed by atoms with van der Waals surface area (Å²) in [5, 5.41) is 11.5. The van der Waals surface area contributed by atoms with E-state index in [4.69, 9.17) is 9.47 Å². The fourth-order valence-electron chi connectivity index (χ4n) is 7.58. The average molecular weight is 698 g/mol. The summed E-state index contributed by atoms with van der Waals surface area (Å²) in [4.78, 5) is 50.2. The smallest absolute Gasteiger partial charge is 0.410 e. The molecule has 1 aliphatic carbocycles. The largest absolute Gasteiger partial charge is 0.496 e. The standard InChI is InChI=1S/C38H44FN7O5/c1-24-20-25(14-15-40-24)35-29-21-26(10-12-32(29)42-43-35)36(47)41-27-11-13-33(46(22-27)23-30-31(39)8-5-9-34(30)50-2)37(48)44-16-18-45(19-17-44)38(49)51-28-6-3-4-7-28/h5,8-10,12,14-15,20-21,27-28,33H,3-4,6-7,11,13,16-19,22-23H2,1-2H3,(H,41,47)(H,42,43). The minimum absolute atomic E-state index is 0.0147. The number of carbonyl (C=O) groups is 3. The third-order valence-electron chi connectivity index (χ3n) is 10.4. The number of piperidine rings is 1. The number of likely N-dealkylation sites (tertiary alicyclic amines) is 1. The van der Waals surface area contributed by atoms with Crippen molar-refractivity contribution in [2.45, 2.75) is 70.2 Å². The molecule has 2 atom stereocenters. The van der Waals surface area contributed by atoms with Gasteiger partial charge in [-0.15, -0.1) is 0 Å². The van der Waals surface area contributed by atoms with Crippen LogP contribution in [-0.4, -0.2) is 106 Å². The molecule has 2 aliphatic heterocycles. The number of methoxy groups -OCH3 is 1. The number of aromatic amines is 1. The molecule has 2 aromatic heterocycles. The van der Waals surface area contributed by atoms with E-state index in [1.807, 2.05) is 36.1 Å². The predicted molar refractivity (Wildman–Crippen MR) is 189 cm³/mol. The first-order chi connectivity index (χ1) is 24.8. The molecule has 1 saturated carbocycles. The second-order valence-electron chi connectivity index (χ2n) is 13.7. The lowest BCUT2D eigenvalue weighted by atomic mass is 9.95. The summed E-state index contributed by atoms with van der Waals surface area (Å²) in [5.41, 5.74) is 4.16. The fourth-order valence-corrected chi connectivity index (χ4v) is 7.58. The quantitative estimate of drug-likeness (QED) is 0.261. The minimum Gasteiger partial charge on any atom is -0.496 e. The second-order valence-corrected chi connectivity index (χ2v) is 13.7. The molecule has 2 saturated heterocycles. The maximum Gasteiger partial charge on any atom is 0.410 e. The third-order valence-corrected chi connectivity index (χ3v) is 10.4. The predicted octanol–water partition coefficient (Wildman–Crippen LogP) is 5.07. The zero-order chi connectivity index (χ0) is 35.5. The Balaban J connectivity index is 1.05. The van der Waals surface area contributed by atoms with Crippen molar-refractivity contribution < 1.29 is 28.2 Å². The van der Waals surface area contributed by atoms with E-state index in [1.165, 1.54) is 13.2 Å². The molecule has 0 bridgehead atoms. The molecule has 2 aromatic carbocycles. The lowest BCUT2D eigenvalue weighted by Gasteiger charge is -2.43. The molecule has 12 nitrogen and oxygen atoms in total. The highest BCUT2D eigenvalue weighted by Crippen LogP contribution is 2.30. The van der Waals surface area contributed by atoms with Gasteiger partial charge in [0, 0.05) is 79.3 Å². The molecule has 3 aliphatic rings. The number of hydrogen-bond acceptors (Lipinski definition) is 8. The second kappa shape index (κ2) is 15.1. The fraction of sp³-hybridized carbons (Fsp3) is 0.447. The number of nitrogens with one attached hydrogen (secondary N) is 2. The lowest BCUT2D eigenvalue weighted by Crippen LogP contribution is -2.59. The van der Waals surface area contributed by atoms with E-state index in [-0.39, 0.29) is 36.6 Å². The van der Waals surface area contributed by atoms with Gasteiger partial charge in [-0.25, -0.2) is 9.18 Å². The number of pyridine rings is 1. The van der Waals surface area contributed by atoms with Crippen molar-refractivity contribution in [3.8, 4) is 17.0 Å². The van der Waals surface area contributed by atoms with Gasteiger partial charge in [-0.1, -0.05) is 6.07 Å². The Hall–Kier alpha value is -5.04. The molecular weight excluding hydrogens is 653 g/mol. The van der Waals surface area contributed by atoms with Crippen LogP contribution in [0.3, 0.4) is 0 Å². The highest BCUT2D eigenvalue weighted by molar-refractivity contribution is 6.01. The summed E-state index contributed by atoms with van der Waals surface area (Å²) < 4.78 is 26.4. The Labute approximate surface area is 296 Å². The zero-order valence-corrected chi connectivity index (χ0v) is 29.1. The van der Waals surface area contributed by atoms with Gasteiger partial charge in [0.2, 0.25) is 5.91 Å². The molecule has 3 amide bonds. The molecule has 2 unspecified atom stereocenters. The van der Waals surface area contributed by atoms with Crippen LogP contribution in [0.4, 0.5) is 9.18 Å². The number of amides is 3. The Bertz CT molecular complexity index is 1900. The summed E-state index contributed by atoms with van der Waals surface area (Å²) in [6, 6.07) is 13.1. The van der Waals surface area contributed by atoms with E-state index >= 15 is 4.39 Å². The van der Waals surface area contributed by atoms with Crippen molar-refractivity contribution >= 4 is 28.8 Å². The van der Waals surface area contributed by atoms with Gasteiger partial charge in [-0.05, 0) is 87.9 Å². The molecule has 4 heterocycles. The molecule has 0 radical (unpaired) electrons. The van der Waals surface area contributed by atoms with E-state index in [0.29, 0.717) is 62.4 Å². The Morgan fingerprint density at radius 3 is 2.53 bits per heavy atom. The van der Waals surface area contributed by atoms with Crippen molar-refractivity contribution in [3.63, 3.8) is 0 Å². The number of aromatic nitrogens is 3. The van der Waals surface area contributed by atoms with Gasteiger partial charge in [0.15, 0.2) is 0 Å². The summed E-state index contributed by atoms with van der Waals surface area (Å²) >= 11 is 0. The Morgan fingerprint density at radius 1 is 0.980 bits per heavy atom. The van der Waals surface area contributed by atoms with Gasteiger partial charge in [0.1, 0.15) is 23.4 Å². The number of benzene rings is 2. The molecule has 51 heavy (non-hydrogen) atoms. The molecule has 13 heteroatoms. The van der Waals surface area contributed by atoms with Gasteiger partial charge in [0.25, 0.3) is 5.91 Å². The molecule has 3 fully saturated rings. The van der Waals surface area contributed by atoms with Crippen LogP contribution in [0.15, 0.2) is 54.7 Å². The van der Waals surface area contributed by atoms with Crippen molar-refractivity contribution in [2.24, 2.45) is 0 Å². The van der Waals surface area contributed by atoms with Crippen LogP contribution in [0.25, 0.3) is 22.2 Å². The lowest BCUT2D eigenvalue weighted by molar-refractivity contribution is -0.140. The van der Waals surface area contributed by atoms with Crippen LogP contribution in [0.1, 0.15) is 60.1 Å². The number of carbonyl (C=O) groups excluding carboxylic acids is 3. The number of piperazine rings is 1. The number of H-pyrrole nitrogens is 1. The highest BCUT2D eigenvalue weighted by atomic mass is 19.1. The number of aryl methyl sites for hydroxylation is 1. The monoisotopic (exact) mass is 697 g/mol. The number of halogens is 1. The summed E-state index contributed by atoms with van der Waals surface area (Å²) in [5.74, 6) is -0.331. The highest BCUT2D eigenvalue weighted by Gasteiger charge is 2.38. The summed E-state index contributed by atoms with van der Waals surface area (Å²) in [7, 11) is 1.50. The van der Waals surface area contributed by atoms with Crippen LogP contribution in [0, 0.1) is 12.7 Å². The van der Waals surface area contributed by atoms with Crippen molar-refractivity contribution in [3.05, 3.63) is 77.4 Å². The van der Waals surface area contributed by atoms with Crippen LogP contribution in [-0.2, 0) is 16.1 Å². The molecule has 7 rings (SSSR count). The van der Waals surface area contributed by atoms with Crippen molar-refractivity contribution in [2.75, 3.05) is 39.8 Å². The number of fused-ring (bicyclic) bond motifs is 1. The van der Waals surface area contributed by atoms with E-state index in [2.05, 4.69) is 20.5 Å². The normalized spacial score (nSPS) is 20.1. The SMILES string of the molecule is COc1cccc(F)c1CN1CC(NC(=O)c2ccc3[nH]nc(-c4ccnc(C)c4)c3c2)CCC1C(=O)N1CCN(C(=O)OC2CCCC2)CC1. The first-order valence-corrected chi connectivity index (χ1v) is 17.8. The topological polar surface area (TPSA) is 133 Å². The molecule has 2 N–H and O–H groups in total.